The number of amides is 2. The summed E-state index contributed by atoms with van der Waals surface area (Å²) in [6.07, 6.45) is 1.74. The topological polar surface area (TPSA) is 88.9 Å². The first-order valence-electron chi connectivity index (χ1n) is 11.0. The van der Waals surface area contributed by atoms with E-state index in [4.69, 9.17) is 11.6 Å². The molecule has 0 radical (unpaired) electrons. The first kappa shape index (κ1) is 27.0. The van der Waals surface area contributed by atoms with E-state index in [0.717, 1.165) is 10.0 Å². The van der Waals surface area contributed by atoms with Gasteiger partial charge in [0.1, 0.15) is 0 Å². The summed E-state index contributed by atoms with van der Waals surface area (Å²) in [7, 11) is 0. The molecule has 35 heavy (non-hydrogen) atoms. The van der Waals surface area contributed by atoms with Crippen LogP contribution in [0.25, 0.3) is 0 Å². The molecule has 0 saturated carbocycles. The number of halogens is 2. The molecule has 0 spiro atoms. The van der Waals surface area contributed by atoms with Crippen LogP contribution >= 0.6 is 39.3 Å². The van der Waals surface area contributed by atoms with Gasteiger partial charge in [0.2, 0.25) is 5.91 Å². The lowest BCUT2D eigenvalue weighted by Crippen LogP contribution is -2.33. The zero-order chi connectivity index (χ0) is 25.5. The van der Waals surface area contributed by atoms with Crippen molar-refractivity contribution in [2.24, 2.45) is 5.92 Å². The number of hydrogen-bond acceptors (Lipinski definition) is 5. The molecule has 2 amide bonds. The summed E-state index contributed by atoms with van der Waals surface area (Å²) >= 11 is 10.7. The summed E-state index contributed by atoms with van der Waals surface area (Å²) in [4.78, 5) is 25.4. The van der Waals surface area contributed by atoms with Crippen LogP contribution in [0.2, 0.25) is 5.02 Å². The number of rotatable bonds is 10. The van der Waals surface area contributed by atoms with Gasteiger partial charge in [-0.05, 0) is 59.1 Å². The smallest absolute Gasteiger partial charge is 0.251 e. The molecule has 0 aliphatic heterocycles. The van der Waals surface area contributed by atoms with Crippen LogP contribution in [0.1, 0.15) is 41.6 Å². The zero-order valence-electron chi connectivity index (χ0n) is 19.7. The normalized spacial score (nSPS) is 11.8. The first-order chi connectivity index (χ1) is 16.7. The van der Waals surface area contributed by atoms with Gasteiger partial charge in [-0.15, -0.1) is 16.8 Å². The van der Waals surface area contributed by atoms with Crippen LogP contribution in [0.4, 0.5) is 5.69 Å². The predicted octanol–water partition coefficient (Wildman–Crippen LogP) is 6.05. The fourth-order valence-electron chi connectivity index (χ4n) is 3.30. The summed E-state index contributed by atoms with van der Waals surface area (Å²) in [5.74, 6) is 0.420. The van der Waals surface area contributed by atoms with Gasteiger partial charge in [0.05, 0.1) is 16.8 Å². The number of nitrogens with zero attached hydrogens (tertiary/aromatic N) is 3. The molecule has 0 fully saturated rings. The Labute approximate surface area is 222 Å². The van der Waals surface area contributed by atoms with Crippen LogP contribution in [0, 0.1) is 12.8 Å². The number of carbonyl (C=O) groups excluding carboxylic acids is 2. The van der Waals surface area contributed by atoms with E-state index in [1.807, 2.05) is 37.5 Å². The van der Waals surface area contributed by atoms with Crippen LogP contribution in [0.3, 0.4) is 0 Å². The number of carbonyl (C=O) groups is 2. The van der Waals surface area contributed by atoms with Crippen molar-refractivity contribution in [1.82, 2.24) is 20.1 Å². The van der Waals surface area contributed by atoms with Gasteiger partial charge < -0.3 is 15.2 Å². The van der Waals surface area contributed by atoms with Crippen molar-refractivity contribution < 1.29 is 9.59 Å². The van der Waals surface area contributed by atoms with Crippen molar-refractivity contribution in [3.63, 3.8) is 0 Å². The van der Waals surface area contributed by atoms with E-state index < -0.39 is 0 Å². The molecule has 1 heterocycles. The largest absolute Gasteiger partial charge is 0.342 e. The van der Waals surface area contributed by atoms with Gasteiger partial charge in [-0.1, -0.05) is 61.0 Å². The maximum atomic E-state index is 12.9. The van der Waals surface area contributed by atoms with E-state index in [0.29, 0.717) is 33.8 Å². The van der Waals surface area contributed by atoms with Crippen LogP contribution in [-0.4, -0.2) is 32.3 Å². The van der Waals surface area contributed by atoms with Crippen molar-refractivity contribution in [3.8, 4) is 0 Å². The molecule has 2 N–H and O–H groups in total. The summed E-state index contributed by atoms with van der Waals surface area (Å²) in [5, 5.41) is 15.7. The lowest BCUT2D eigenvalue weighted by Gasteiger charge is -2.22. The van der Waals surface area contributed by atoms with Crippen molar-refractivity contribution in [3.05, 3.63) is 81.6 Å². The number of anilines is 1. The molecule has 0 saturated heterocycles. The molecule has 2 aromatic carbocycles. The number of thioether (sulfide) groups is 1. The second kappa shape index (κ2) is 12.4. The van der Waals surface area contributed by atoms with E-state index in [2.05, 4.69) is 43.3 Å². The van der Waals surface area contributed by atoms with E-state index in [-0.39, 0.29) is 29.5 Å². The number of nitrogens with one attached hydrogen (secondary N) is 2. The molecule has 184 valence electrons. The molecule has 0 aliphatic rings. The lowest BCUT2D eigenvalue weighted by atomic mass is 10.0. The Kier molecular flexibility index (Phi) is 9.54. The van der Waals surface area contributed by atoms with Crippen LogP contribution in [0.5, 0.6) is 0 Å². The van der Waals surface area contributed by atoms with Gasteiger partial charge >= 0.3 is 0 Å². The minimum Gasteiger partial charge on any atom is -0.342 e. The fourth-order valence-corrected chi connectivity index (χ4v) is 4.48. The SMILES string of the molecule is C=CCn1c(SCC(=O)Nc2ccc(Br)c(Cl)c2)nnc1[C@@H](NC(=O)c1ccc(C)cc1)C(C)C. The summed E-state index contributed by atoms with van der Waals surface area (Å²) in [5.41, 5.74) is 2.27. The summed E-state index contributed by atoms with van der Waals surface area (Å²) in [6, 6.07) is 12.3. The van der Waals surface area contributed by atoms with Gasteiger partial charge in [-0.3, -0.25) is 9.59 Å². The van der Waals surface area contributed by atoms with Crippen LogP contribution < -0.4 is 10.6 Å². The highest BCUT2D eigenvalue weighted by atomic mass is 79.9. The molecular formula is C25H27BrClN5O2S. The fraction of sp³-hybridized carbons (Fsp3) is 0.280. The quantitative estimate of drug-likeness (QED) is 0.227. The van der Waals surface area contributed by atoms with E-state index >= 15 is 0 Å². The second-order valence-corrected chi connectivity index (χ2v) is 10.5. The van der Waals surface area contributed by atoms with Crippen LogP contribution in [0.15, 0.2) is 64.7 Å². The molecule has 1 atom stereocenters. The molecule has 3 rings (SSSR count). The third-order valence-corrected chi connectivity index (χ3v) is 7.34. The maximum absolute atomic E-state index is 12.9. The van der Waals surface area contributed by atoms with Crippen molar-refractivity contribution in [1.29, 1.82) is 0 Å². The van der Waals surface area contributed by atoms with Crippen LogP contribution in [-0.2, 0) is 11.3 Å². The highest BCUT2D eigenvalue weighted by molar-refractivity contribution is 9.10. The molecule has 0 aliphatic carbocycles. The van der Waals surface area contributed by atoms with E-state index in [1.54, 1.807) is 36.4 Å². The third kappa shape index (κ3) is 7.19. The Morgan fingerprint density at radius 3 is 2.54 bits per heavy atom. The van der Waals surface area contributed by atoms with E-state index in [9.17, 15) is 9.59 Å². The molecule has 7 nitrogen and oxygen atoms in total. The molecule has 0 unspecified atom stereocenters. The molecule has 0 bridgehead atoms. The first-order valence-corrected chi connectivity index (χ1v) is 13.1. The van der Waals surface area contributed by atoms with Gasteiger partial charge in [-0.2, -0.15) is 0 Å². The molecule has 10 heteroatoms. The monoisotopic (exact) mass is 575 g/mol. The Hall–Kier alpha value is -2.62. The van der Waals surface area contributed by atoms with Gasteiger partial charge in [-0.25, -0.2) is 0 Å². The molecular weight excluding hydrogens is 550 g/mol. The number of benzene rings is 2. The Morgan fingerprint density at radius 1 is 1.20 bits per heavy atom. The Balaban J connectivity index is 1.74. The summed E-state index contributed by atoms with van der Waals surface area (Å²) in [6.45, 7) is 10.3. The number of aryl methyl sites for hydroxylation is 1. The van der Waals surface area contributed by atoms with E-state index in [1.165, 1.54) is 11.8 Å². The van der Waals surface area contributed by atoms with Gasteiger partial charge in [0, 0.05) is 22.3 Å². The van der Waals surface area contributed by atoms with Crippen molar-refractivity contribution >= 4 is 56.8 Å². The average molecular weight is 577 g/mol. The second-order valence-electron chi connectivity index (χ2n) is 8.27. The Morgan fingerprint density at radius 2 is 1.91 bits per heavy atom. The standard InChI is InChI=1S/C25H27BrClN5O2S/c1-5-12-32-23(22(15(2)3)29-24(34)17-8-6-16(4)7-9-17)30-31-25(32)35-14-21(33)28-18-10-11-19(26)20(27)13-18/h5-11,13,15,22H,1,12,14H2,2-4H3,(H,28,33)(H,29,34)/t22-/m0/s1. The van der Waals surface area contributed by atoms with Gasteiger partial charge in [0.25, 0.3) is 5.91 Å². The zero-order valence-corrected chi connectivity index (χ0v) is 22.9. The number of aromatic nitrogens is 3. The molecule has 3 aromatic rings. The number of hydrogen-bond donors (Lipinski definition) is 2. The molecule has 1 aromatic heterocycles. The average Bonchev–Trinajstić information content (AvgIpc) is 3.21. The lowest BCUT2D eigenvalue weighted by molar-refractivity contribution is -0.113. The third-order valence-electron chi connectivity index (χ3n) is 5.14. The summed E-state index contributed by atoms with van der Waals surface area (Å²) < 4.78 is 2.63. The van der Waals surface area contributed by atoms with Crippen molar-refractivity contribution in [2.75, 3.05) is 11.1 Å². The highest BCUT2D eigenvalue weighted by Gasteiger charge is 2.26. The van der Waals surface area contributed by atoms with Gasteiger partial charge in [0.15, 0.2) is 11.0 Å². The predicted molar refractivity (Wildman–Crippen MR) is 145 cm³/mol. The maximum Gasteiger partial charge on any atom is 0.251 e. The number of allylic oxidation sites excluding steroid dienone is 1. The van der Waals surface area contributed by atoms with Crippen molar-refractivity contribution in [2.45, 2.75) is 38.5 Å². The highest BCUT2D eigenvalue weighted by Crippen LogP contribution is 2.27. The Bertz CT molecular complexity index is 1210. The minimum absolute atomic E-state index is 0.0560. The minimum atomic E-state index is -0.371.